The summed E-state index contributed by atoms with van der Waals surface area (Å²) in [6.45, 7) is 0.825. The molecular weight excluding hydrogens is 742 g/mol. The molecule has 0 aliphatic rings. The van der Waals surface area contributed by atoms with Crippen molar-refractivity contribution >= 4 is 79.0 Å². The Labute approximate surface area is 332 Å². The summed E-state index contributed by atoms with van der Waals surface area (Å²) in [5.74, 6) is -1.67. The largest absolute Gasteiger partial charge is 1.00 e. The molecule has 0 saturated heterocycles. The van der Waals surface area contributed by atoms with E-state index in [-0.39, 0.29) is 52.2 Å². The number of carbonyl (C=O) groups excluding carboxylic acids is 1. The van der Waals surface area contributed by atoms with Gasteiger partial charge in [0, 0.05) is 48.6 Å². The molecule has 18 heteroatoms. The zero-order valence-corrected chi connectivity index (χ0v) is 30.4. The fraction of sp³-hybridized carbons (Fsp3) is 0.0811. The normalized spacial score (nSPS) is 10.5. The number of hydrogen-bond acceptors (Lipinski definition) is 12. The molecule has 0 aliphatic heterocycles. The number of nitrogens with zero attached hydrogens (tertiary/aromatic N) is 10. The van der Waals surface area contributed by atoms with Crippen LogP contribution < -0.4 is 18.9 Å². The van der Waals surface area contributed by atoms with Crippen LogP contribution >= 0.6 is 23.2 Å². The first kappa shape index (κ1) is 39.8. The molecule has 55 heavy (non-hydrogen) atoms. The van der Waals surface area contributed by atoms with Crippen molar-refractivity contribution in [3.05, 3.63) is 130 Å². The van der Waals surface area contributed by atoms with Crippen molar-refractivity contribution in [3.63, 3.8) is 0 Å². The number of ether oxygens (including phenoxy) is 1. The van der Waals surface area contributed by atoms with E-state index in [2.05, 4.69) is 29.9 Å². The molecule has 0 spiro atoms. The van der Waals surface area contributed by atoms with E-state index in [9.17, 15) is 25.2 Å². The van der Waals surface area contributed by atoms with Gasteiger partial charge in [-0.1, -0.05) is 35.3 Å². The standard InChI is InChI=1S/C19H12ClN5O2.C18H10ClN5O2.Li.H2O/c1-27-19(26)14-9-25(18-17(14)16(6-21)23-10-24-18)8-11-2-3-15-12(4-11)5-13(20)7-22-15;19-12-4-11-3-10(1-2-14(11)21-6-12)7-24-8-13(18(25)26)16-15(5-20)22-9-23-17(16)24;;/h2-5,7,9-10H,8H2,1H3;1-4,6,8-9H,7H2,(H,25,26);;1H2/q;;+1;/p-1. The number of carbonyl (C=O) groups is 2. The number of methoxy groups -OCH3 is 1. The molecule has 8 rings (SSSR count). The Balaban J connectivity index is 0.000000204. The summed E-state index contributed by atoms with van der Waals surface area (Å²) >= 11 is 12.0. The number of halogens is 2. The van der Waals surface area contributed by atoms with Crippen LogP contribution in [0.4, 0.5) is 0 Å². The van der Waals surface area contributed by atoms with Gasteiger partial charge in [-0.3, -0.25) is 9.97 Å². The van der Waals surface area contributed by atoms with Gasteiger partial charge in [-0.25, -0.2) is 29.5 Å². The maximum atomic E-state index is 12.2. The Bertz CT molecular complexity index is 2870. The Morgan fingerprint density at radius 2 is 1.18 bits per heavy atom. The number of carboxylic acid groups (broad SMARTS) is 1. The summed E-state index contributed by atoms with van der Waals surface area (Å²) in [5.41, 5.74) is 4.88. The number of hydrogen-bond donors (Lipinski definition) is 1. The van der Waals surface area contributed by atoms with Gasteiger partial charge in [0.2, 0.25) is 0 Å². The average molecular weight is 766 g/mol. The topological polar surface area (TPSA) is 228 Å². The van der Waals surface area contributed by atoms with E-state index in [4.69, 9.17) is 27.9 Å². The van der Waals surface area contributed by atoms with Gasteiger partial charge in [-0.2, -0.15) is 10.5 Å². The molecule has 6 aromatic heterocycles. The van der Waals surface area contributed by atoms with Crippen LogP contribution in [0.5, 0.6) is 0 Å². The van der Waals surface area contributed by atoms with Crippen molar-refractivity contribution < 1.29 is 43.8 Å². The number of aromatic nitrogens is 8. The molecule has 6 heterocycles. The SMILES string of the molecule is COC(=O)c1cn(Cc2ccc3ncc(Cl)cc3c2)c2ncnc(C#N)c12.N#Cc1ncnc2c1c(C(=O)O)cn2Cc1ccc2ncc(Cl)cc2c1.[Li+].[OH-]. The second kappa shape index (κ2) is 16.7. The predicted molar refractivity (Wildman–Crippen MR) is 196 cm³/mol. The number of rotatable bonds is 6. The van der Waals surface area contributed by atoms with Crippen LogP contribution in [-0.4, -0.2) is 68.7 Å². The van der Waals surface area contributed by atoms with Crippen LogP contribution in [0.1, 0.15) is 43.2 Å². The van der Waals surface area contributed by atoms with Crippen LogP contribution in [0.2, 0.25) is 10.0 Å². The summed E-state index contributed by atoms with van der Waals surface area (Å²) < 4.78 is 8.33. The number of esters is 1. The van der Waals surface area contributed by atoms with Gasteiger partial charge in [0.25, 0.3) is 0 Å². The van der Waals surface area contributed by atoms with Crippen molar-refractivity contribution in [2.45, 2.75) is 13.1 Å². The van der Waals surface area contributed by atoms with E-state index in [0.717, 1.165) is 32.9 Å². The van der Waals surface area contributed by atoms with Crippen LogP contribution in [0.3, 0.4) is 0 Å². The maximum Gasteiger partial charge on any atom is 1.00 e. The van der Waals surface area contributed by atoms with Gasteiger partial charge in [-0.05, 0) is 47.5 Å². The van der Waals surface area contributed by atoms with Gasteiger partial charge in [0.1, 0.15) is 36.1 Å². The van der Waals surface area contributed by atoms with Crippen molar-refractivity contribution in [2.24, 2.45) is 0 Å². The molecule has 0 atom stereocenters. The molecule has 2 aromatic carbocycles. The monoisotopic (exact) mass is 764 g/mol. The van der Waals surface area contributed by atoms with Crippen LogP contribution in [0.15, 0.2) is 86.0 Å². The predicted octanol–water partition coefficient (Wildman–Crippen LogP) is 3.42. The van der Waals surface area contributed by atoms with Crippen molar-refractivity contribution in [1.29, 1.82) is 10.5 Å². The minimum atomic E-state index is -1.13. The first-order valence-corrected chi connectivity index (χ1v) is 16.3. The second-order valence-corrected chi connectivity index (χ2v) is 12.4. The van der Waals surface area contributed by atoms with E-state index in [1.807, 2.05) is 60.7 Å². The number of aromatic carboxylic acids is 1. The third-order valence-corrected chi connectivity index (χ3v) is 8.70. The van der Waals surface area contributed by atoms with Gasteiger partial charge < -0.3 is 24.5 Å². The van der Waals surface area contributed by atoms with Crippen LogP contribution in [0, 0.1) is 22.7 Å². The molecule has 0 unspecified atom stereocenters. The van der Waals surface area contributed by atoms with Crippen molar-refractivity contribution in [3.8, 4) is 12.1 Å². The Morgan fingerprint density at radius 1 is 0.727 bits per heavy atom. The molecular formula is C37H23Cl2LiN10O5. The molecule has 15 nitrogen and oxygen atoms in total. The van der Waals surface area contributed by atoms with Crippen LogP contribution in [0.25, 0.3) is 43.9 Å². The Kier molecular flexibility index (Phi) is 12.1. The first-order chi connectivity index (χ1) is 25.7. The molecule has 0 fully saturated rings. The summed E-state index contributed by atoms with van der Waals surface area (Å²) in [5, 5.41) is 31.5. The van der Waals surface area contributed by atoms with Gasteiger partial charge >= 0.3 is 30.8 Å². The number of nitriles is 2. The molecule has 0 bridgehead atoms. The molecule has 2 N–H and O–H groups in total. The van der Waals surface area contributed by atoms with Crippen molar-refractivity contribution in [2.75, 3.05) is 7.11 Å². The van der Waals surface area contributed by atoms with Crippen molar-refractivity contribution in [1.82, 2.24) is 39.0 Å². The van der Waals surface area contributed by atoms with E-state index < -0.39 is 11.9 Å². The number of pyridine rings is 2. The first-order valence-electron chi connectivity index (χ1n) is 15.5. The van der Waals surface area contributed by atoms with E-state index >= 15 is 0 Å². The third kappa shape index (κ3) is 7.93. The molecule has 8 aromatic rings. The maximum absolute atomic E-state index is 12.2. The third-order valence-electron chi connectivity index (χ3n) is 8.29. The fourth-order valence-corrected chi connectivity index (χ4v) is 6.32. The van der Waals surface area contributed by atoms with Gasteiger partial charge in [-0.15, -0.1) is 0 Å². The molecule has 0 radical (unpaired) electrons. The van der Waals surface area contributed by atoms with Gasteiger partial charge in [0.15, 0.2) is 11.4 Å². The Morgan fingerprint density at radius 3 is 1.62 bits per heavy atom. The van der Waals surface area contributed by atoms with Crippen LogP contribution in [-0.2, 0) is 17.8 Å². The average Bonchev–Trinajstić information content (AvgIpc) is 3.73. The zero-order chi connectivity index (χ0) is 37.2. The fourth-order valence-electron chi connectivity index (χ4n) is 5.98. The quantitative estimate of drug-likeness (QED) is 0.189. The minimum Gasteiger partial charge on any atom is -0.870 e. The minimum absolute atomic E-state index is 0. The molecule has 266 valence electrons. The van der Waals surface area contributed by atoms with E-state index in [1.165, 1.54) is 26.0 Å². The number of benzene rings is 2. The second-order valence-electron chi connectivity index (χ2n) is 11.6. The summed E-state index contributed by atoms with van der Waals surface area (Å²) in [7, 11) is 1.29. The summed E-state index contributed by atoms with van der Waals surface area (Å²) in [6.07, 6.45) is 8.86. The van der Waals surface area contributed by atoms with Gasteiger partial charge in [0.05, 0.1) is 50.1 Å². The van der Waals surface area contributed by atoms with E-state index in [1.54, 1.807) is 27.7 Å². The van der Waals surface area contributed by atoms with E-state index in [0.29, 0.717) is 39.8 Å². The summed E-state index contributed by atoms with van der Waals surface area (Å²) in [6, 6.07) is 19.1. The zero-order valence-electron chi connectivity index (χ0n) is 28.8. The number of fused-ring (bicyclic) bond motifs is 4. The molecule has 0 saturated carbocycles. The summed E-state index contributed by atoms with van der Waals surface area (Å²) in [4.78, 5) is 48.5. The molecule has 0 aliphatic carbocycles. The number of carboxylic acids is 1. The Hall–Kier alpha value is -6.44. The molecule has 0 amide bonds. The smallest absolute Gasteiger partial charge is 0.870 e.